The Labute approximate surface area is 193 Å². The summed E-state index contributed by atoms with van der Waals surface area (Å²) < 4.78 is 10.7. The number of methoxy groups -OCH3 is 2. The Morgan fingerprint density at radius 1 is 1.03 bits per heavy atom. The van der Waals surface area contributed by atoms with E-state index in [0.717, 1.165) is 22.4 Å². The van der Waals surface area contributed by atoms with Crippen LogP contribution in [0, 0.1) is 6.92 Å². The molecule has 0 aliphatic rings. The molecule has 0 saturated heterocycles. The van der Waals surface area contributed by atoms with Crippen molar-refractivity contribution < 1.29 is 19.1 Å². The first-order valence-corrected chi connectivity index (χ1v) is 11.7. The summed E-state index contributed by atoms with van der Waals surface area (Å²) in [6.07, 6.45) is 1.43. The van der Waals surface area contributed by atoms with Crippen molar-refractivity contribution in [2.24, 2.45) is 0 Å². The molecule has 0 aliphatic heterocycles. The summed E-state index contributed by atoms with van der Waals surface area (Å²) in [6, 6.07) is 7.82. The van der Waals surface area contributed by atoms with Crippen LogP contribution in [-0.4, -0.2) is 61.3 Å². The number of thiophene rings is 1. The SMILES string of the molecule is CCCN(CC(=O)N(CCc1ccc(OC)c(OC)c1)Cc1sccc1C)C(=O)CCl. The summed E-state index contributed by atoms with van der Waals surface area (Å²) in [5.41, 5.74) is 2.21. The normalized spacial score (nSPS) is 10.6. The lowest BCUT2D eigenvalue weighted by atomic mass is 10.1. The van der Waals surface area contributed by atoms with Gasteiger partial charge in [0.2, 0.25) is 11.8 Å². The van der Waals surface area contributed by atoms with Gasteiger partial charge in [-0.15, -0.1) is 22.9 Å². The van der Waals surface area contributed by atoms with Gasteiger partial charge in [-0.3, -0.25) is 9.59 Å². The van der Waals surface area contributed by atoms with Gasteiger partial charge in [0, 0.05) is 18.0 Å². The maximum Gasteiger partial charge on any atom is 0.242 e. The zero-order valence-electron chi connectivity index (χ0n) is 18.7. The molecule has 170 valence electrons. The highest BCUT2D eigenvalue weighted by atomic mass is 35.5. The van der Waals surface area contributed by atoms with Crippen LogP contribution in [0.5, 0.6) is 11.5 Å². The maximum atomic E-state index is 13.2. The summed E-state index contributed by atoms with van der Waals surface area (Å²) in [4.78, 5) is 29.8. The number of benzene rings is 1. The first kappa shape index (κ1) is 25.0. The summed E-state index contributed by atoms with van der Waals surface area (Å²) in [5.74, 6) is 0.907. The molecule has 6 nitrogen and oxygen atoms in total. The van der Waals surface area contributed by atoms with Crippen molar-refractivity contribution >= 4 is 34.8 Å². The molecule has 2 rings (SSSR count). The van der Waals surface area contributed by atoms with Crippen molar-refractivity contribution in [1.82, 2.24) is 9.80 Å². The molecule has 2 amide bonds. The predicted molar refractivity (Wildman–Crippen MR) is 125 cm³/mol. The van der Waals surface area contributed by atoms with Crippen molar-refractivity contribution in [3.63, 3.8) is 0 Å². The molecule has 0 bridgehead atoms. The van der Waals surface area contributed by atoms with Crippen LogP contribution in [0.3, 0.4) is 0 Å². The molecule has 1 heterocycles. The smallest absolute Gasteiger partial charge is 0.242 e. The van der Waals surface area contributed by atoms with Crippen LogP contribution < -0.4 is 9.47 Å². The van der Waals surface area contributed by atoms with Crippen LogP contribution in [0.2, 0.25) is 0 Å². The summed E-state index contributed by atoms with van der Waals surface area (Å²) in [7, 11) is 3.21. The average molecular weight is 467 g/mol. The second-order valence-corrected chi connectivity index (χ2v) is 8.50. The van der Waals surface area contributed by atoms with E-state index in [2.05, 4.69) is 6.07 Å². The van der Waals surface area contributed by atoms with Crippen molar-refractivity contribution in [2.45, 2.75) is 33.2 Å². The molecule has 8 heteroatoms. The van der Waals surface area contributed by atoms with Crippen LogP contribution in [-0.2, 0) is 22.6 Å². The van der Waals surface area contributed by atoms with E-state index in [1.165, 1.54) is 0 Å². The number of hydrogen-bond acceptors (Lipinski definition) is 5. The highest BCUT2D eigenvalue weighted by Crippen LogP contribution is 2.28. The van der Waals surface area contributed by atoms with E-state index in [9.17, 15) is 9.59 Å². The number of hydrogen-bond donors (Lipinski definition) is 0. The minimum atomic E-state index is -0.219. The summed E-state index contributed by atoms with van der Waals surface area (Å²) >= 11 is 7.38. The van der Waals surface area contributed by atoms with E-state index in [-0.39, 0.29) is 24.2 Å². The second-order valence-electron chi connectivity index (χ2n) is 7.23. The minimum Gasteiger partial charge on any atom is -0.493 e. The number of carbonyl (C=O) groups is 2. The third-order valence-corrected chi connectivity index (χ3v) is 6.30. The molecule has 1 aromatic heterocycles. The summed E-state index contributed by atoms with van der Waals surface area (Å²) in [5, 5.41) is 2.03. The topological polar surface area (TPSA) is 59.1 Å². The van der Waals surface area contributed by atoms with Gasteiger partial charge in [0.1, 0.15) is 5.88 Å². The third kappa shape index (κ3) is 7.14. The zero-order valence-corrected chi connectivity index (χ0v) is 20.2. The molecule has 0 atom stereocenters. The van der Waals surface area contributed by atoms with Gasteiger partial charge in [-0.05, 0) is 54.5 Å². The monoisotopic (exact) mass is 466 g/mol. The van der Waals surface area contributed by atoms with Crippen molar-refractivity contribution in [2.75, 3.05) is 39.7 Å². The quantitative estimate of drug-likeness (QED) is 0.441. The Hall–Kier alpha value is -2.25. The molecule has 0 radical (unpaired) electrons. The fraction of sp³-hybridized carbons (Fsp3) is 0.478. The van der Waals surface area contributed by atoms with Gasteiger partial charge in [-0.25, -0.2) is 0 Å². The van der Waals surface area contributed by atoms with Gasteiger partial charge in [0.15, 0.2) is 11.5 Å². The molecule has 2 aromatic rings. The Balaban J connectivity index is 2.17. The number of nitrogens with zero attached hydrogens (tertiary/aromatic N) is 2. The highest BCUT2D eigenvalue weighted by molar-refractivity contribution is 7.10. The number of amides is 2. The molecule has 0 N–H and O–H groups in total. The molecular formula is C23H31ClN2O4S. The van der Waals surface area contributed by atoms with Gasteiger partial charge < -0.3 is 19.3 Å². The Morgan fingerprint density at radius 2 is 1.77 bits per heavy atom. The number of rotatable bonds is 12. The first-order valence-electron chi connectivity index (χ1n) is 10.3. The number of halogens is 1. The number of ether oxygens (including phenoxy) is 2. The Bertz CT molecular complexity index is 871. The van der Waals surface area contributed by atoms with Gasteiger partial charge in [0.25, 0.3) is 0 Å². The van der Waals surface area contributed by atoms with Crippen molar-refractivity contribution in [3.8, 4) is 11.5 Å². The van der Waals surface area contributed by atoms with Crippen LogP contribution in [0.15, 0.2) is 29.6 Å². The average Bonchev–Trinajstić information content (AvgIpc) is 3.19. The van der Waals surface area contributed by atoms with Gasteiger partial charge in [-0.1, -0.05) is 13.0 Å². The molecule has 0 aliphatic carbocycles. The highest BCUT2D eigenvalue weighted by Gasteiger charge is 2.21. The molecule has 31 heavy (non-hydrogen) atoms. The fourth-order valence-corrected chi connectivity index (χ4v) is 4.33. The molecule has 0 unspecified atom stereocenters. The first-order chi connectivity index (χ1) is 14.9. The maximum absolute atomic E-state index is 13.2. The van der Waals surface area contributed by atoms with E-state index < -0.39 is 0 Å². The number of alkyl halides is 1. The zero-order chi connectivity index (χ0) is 22.8. The van der Waals surface area contributed by atoms with E-state index >= 15 is 0 Å². The molecule has 0 fully saturated rings. The van der Waals surface area contributed by atoms with Gasteiger partial charge in [0.05, 0.1) is 27.3 Å². The predicted octanol–water partition coefficient (Wildman–Crippen LogP) is 4.12. The Kier molecular flexibility index (Phi) is 10.1. The summed E-state index contributed by atoms with van der Waals surface area (Å²) in [6.45, 7) is 5.62. The minimum absolute atomic E-state index is 0.0375. The third-order valence-electron chi connectivity index (χ3n) is 5.06. The lowest BCUT2D eigenvalue weighted by Crippen LogP contribution is -2.44. The van der Waals surface area contributed by atoms with E-state index in [0.29, 0.717) is 37.6 Å². The van der Waals surface area contributed by atoms with Gasteiger partial charge >= 0.3 is 0 Å². The fourth-order valence-electron chi connectivity index (χ4n) is 3.24. The standard InChI is InChI=1S/C23H31ClN2O4S/c1-5-10-25(22(27)14-24)16-23(28)26(15-21-17(2)9-12-31-21)11-8-18-6-7-19(29-3)20(13-18)30-4/h6-7,9,12-13H,5,8,10-11,14-16H2,1-4H3. The number of aryl methyl sites for hydroxylation is 1. The Morgan fingerprint density at radius 3 is 2.35 bits per heavy atom. The number of carbonyl (C=O) groups excluding carboxylic acids is 2. The molecular weight excluding hydrogens is 436 g/mol. The lowest BCUT2D eigenvalue weighted by Gasteiger charge is -2.27. The molecule has 0 saturated carbocycles. The van der Waals surface area contributed by atoms with Crippen molar-refractivity contribution in [3.05, 3.63) is 45.6 Å². The molecule has 0 spiro atoms. The van der Waals surface area contributed by atoms with Crippen LogP contribution >= 0.6 is 22.9 Å². The van der Waals surface area contributed by atoms with E-state index in [1.54, 1.807) is 30.5 Å². The van der Waals surface area contributed by atoms with Crippen LogP contribution in [0.25, 0.3) is 0 Å². The van der Waals surface area contributed by atoms with E-state index in [1.807, 2.05) is 42.3 Å². The lowest BCUT2D eigenvalue weighted by molar-refractivity contribution is -0.139. The largest absolute Gasteiger partial charge is 0.493 e. The van der Waals surface area contributed by atoms with Crippen LogP contribution in [0.1, 0.15) is 29.3 Å². The second kappa shape index (κ2) is 12.6. The molecule has 1 aromatic carbocycles. The van der Waals surface area contributed by atoms with Gasteiger partial charge in [-0.2, -0.15) is 0 Å². The van der Waals surface area contributed by atoms with Crippen LogP contribution in [0.4, 0.5) is 0 Å². The van der Waals surface area contributed by atoms with Crippen molar-refractivity contribution in [1.29, 1.82) is 0 Å². The van der Waals surface area contributed by atoms with E-state index in [4.69, 9.17) is 21.1 Å².